The lowest BCUT2D eigenvalue weighted by Gasteiger charge is -2.30. The van der Waals surface area contributed by atoms with Gasteiger partial charge in [-0.2, -0.15) is 0 Å². The van der Waals surface area contributed by atoms with Gasteiger partial charge >= 0.3 is 0 Å². The third kappa shape index (κ3) is 3.19. The van der Waals surface area contributed by atoms with Crippen LogP contribution >= 0.6 is 0 Å². The molecule has 1 N–H and O–H groups in total. The number of nitrogens with one attached hydrogen (secondary N) is 1. The van der Waals surface area contributed by atoms with E-state index in [0.717, 1.165) is 41.3 Å². The van der Waals surface area contributed by atoms with Crippen LogP contribution in [0, 0.1) is 13.8 Å². The fourth-order valence-corrected chi connectivity index (χ4v) is 3.83. The van der Waals surface area contributed by atoms with E-state index in [0.29, 0.717) is 6.61 Å². The van der Waals surface area contributed by atoms with Gasteiger partial charge in [0.2, 0.25) is 0 Å². The molecule has 0 aromatic heterocycles. The molecule has 1 aliphatic heterocycles. The second kappa shape index (κ2) is 7.36. The Kier molecular flexibility index (Phi) is 5.19. The lowest BCUT2D eigenvalue weighted by atomic mass is 9.87. The van der Waals surface area contributed by atoms with Crippen molar-refractivity contribution < 1.29 is 14.2 Å². The first-order chi connectivity index (χ1) is 12.1. The second-order valence-corrected chi connectivity index (χ2v) is 6.42. The van der Waals surface area contributed by atoms with Gasteiger partial charge < -0.3 is 19.5 Å². The third-order valence-electron chi connectivity index (χ3n) is 4.82. The standard InChI is InChI=1S/C21H27NO3/c1-6-25-21-17-9-10-22-19(16(17)7-8-18(21)23-4)15-11-13(2)20(24-5)14(3)12-15/h7-8,11-12,19,22H,6,9-10H2,1-5H3. The van der Waals surface area contributed by atoms with E-state index in [4.69, 9.17) is 14.2 Å². The van der Waals surface area contributed by atoms with Gasteiger partial charge in [-0.25, -0.2) is 0 Å². The van der Waals surface area contributed by atoms with Crippen molar-refractivity contribution in [3.63, 3.8) is 0 Å². The number of aryl methyl sites for hydroxylation is 2. The van der Waals surface area contributed by atoms with Crippen molar-refractivity contribution >= 4 is 0 Å². The first-order valence-electron chi connectivity index (χ1n) is 8.81. The molecule has 2 aromatic rings. The molecule has 2 aromatic carbocycles. The maximum Gasteiger partial charge on any atom is 0.164 e. The summed E-state index contributed by atoms with van der Waals surface area (Å²) < 4.78 is 16.9. The van der Waals surface area contributed by atoms with Crippen LogP contribution in [-0.4, -0.2) is 27.4 Å². The van der Waals surface area contributed by atoms with Crippen molar-refractivity contribution in [3.8, 4) is 17.2 Å². The molecule has 1 aliphatic rings. The van der Waals surface area contributed by atoms with Gasteiger partial charge in [-0.05, 0) is 55.5 Å². The fraction of sp³-hybridized carbons (Fsp3) is 0.429. The van der Waals surface area contributed by atoms with E-state index in [1.54, 1.807) is 14.2 Å². The molecule has 4 heteroatoms. The average Bonchev–Trinajstić information content (AvgIpc) is 2.61. The Morgan fingerprint density at radius 1 is 1.04 bits per heavy atom. The number of benzene rings is 2. The summed E-state index contributed by atoms with van der Waals surface area (Å²) in [4.78, 5) is 0. The number of fused-ring (bicyclic) bond motifs is 1. The molecule has 0 aliphatic carbocycles. The summed E-state index contributed by atoms with van der Waals surface area (Å²) in [5, 5.41) is 3.65. The number of rotatable bonds is 5. The smallest absolute Gasteiger partial charge is 0.164 e. The van der Waals surface area contributed by atoms with Crippen LogP contribution < -0.4 is 19.5 Å². The summed E-state index contributed by atoms with van der Waals surface area (Å²) in [5.74, 6) is 2.66. The van der Waals surface area contributed by atoms with Crippen molar-refractivity contribution in [1.82, 2.24) is 5.32 Å². The van der Waals surface area contributed by atoms with E-state index in [1.165, 1.54) is 16.7 Å². The van der Waals surface area contributed by atoms with E-state index in [2.05, 4.69) is 37.4 Å². The minimum atomic E-state index is 0.150. The van der Waals surface area contributed by atoms with Gasteiger partial charge in [0.15, 0.2) is 11.5 Å². The van der Waals surface area contributed by atoms with Crippen molar-refractivity contribution in [3.05, 3.63) is 52.1 Å². The quantitative estimate of drug-likeness (QED) is 0.894. The van der Waals surface area contributed by atoms with E-state index in [9.17, 15) is 0 Å². The Balaban J connectivity index is 2.10. The van der Waals surface area contributed by atoms with Gasteiger partial charge in [-0.15, -0.1) is 0 Å². The summed E-state index contributed by atoms with van der Waals surface area (Å²) in [7, 11) is 3.42. The topological polar surface area (TPSA) is 39.7 Å². The zero-order valence-corrected chi connectivity index (χ0v) is 15.7. The summed E-state index contributed by atoms with van der Waals surface area (Å²) in [5.41, 5.74) is 6.08. The van der Waals surface area contributed by atoms with Crippen LogP contribution in [0.3, 0.4) is 0 Å². The van der Waals surface area contributed by atoms with Crippen LogP contribution in [-0.2, 0) is 6.42 Å². The largest absolute Gasteiger partial charge is 0.496 e. The van der Waals surface area contributed by atoms with Crippen LogP contribution in [0.4, 0.5) is 0 Å². The fourth-order valence-electron chi connectivity index (χ4n) is 3.83. The highest BCUT2D eigenvalue weighted by molar-refractivity contribution is 5.55. The Morgan fingerprint density at radius 3 is 2.36 bits per heavy atom. The predicted octanol–water partition coefficient (Wildman–Crippen LogP) is 3.95. The lowest BCUT2D eigenvalue weighted by Crippen LogP contribution is -2.31. The van der Waals surface area contributed by atoms with Crippen molar-refractivity contribution in [2.24, 2.45) is 0 Å². The van der Waals surface area contributed by atoms with Gasteiger partial charge in [0.05, 0.1) is 26.9 Å². The molecule has 4 nitrogen and oxygen atoms in total. The van der Waals surface area contributed by atoms with Crippen LogP contribution in [0.5, 0.6) is 17.2 Å². The number of hydrogen-bond donors (Lipinski definition) is 1. The van der Waals surface area contributed by atoms with Crippen molar-refractivity contribution in [2.45, 2.75) is 33.2 Å². The summed E-state index contributed by atoms with van der Waals surface area (Å²) in [6.45, 7) is 7.74. The summed E-state index contributed by atoms with van der Waals surface area (Å²) in [6.07, 6.45) is 0.937. The molecule has 0 spiro atoms. The number of hydrogen-bond acceptors (Lipinski definition) is 4. The van der Waals surface area contributed by atoms with E-state index < -0.39 is 0 Å². The van der Waals surface area contributed by atoms with Gasteiger partial charge in [0, 0.05) is 12.1 Å². The maximum absolute atomic E-state index is 5.92. The van der Waals surface area contributed by atoms with Gasteiger partial charge in [0.25, 0.3) is 0 Å². The Hall–Kier alpha value is -2.20. The molecule has 1 heterocycles. The van der Waals surface area contributed by atoms with Crippen LogP contribution in [0.2, 0.25) is 0 Å². The Bertz CT molecular complexity index is 747. The molecule has 25 heavy (non-hydrogen) atoms. The van der Waals surface area contributed by atoms with E-state index in [-0.39, 0.29) is 6.04 Å². The van der Waals surface area contributed by atoms with Crippen LogP contribution in [0.15, 0.2) is 24.3 Å². The van der Waals surface area contributed by atoms with Gasteiger partial charge in [-0.1, -0.05) is 18.2 Å². The molecule has 0 saturated heterocycles. The molecule has 1 unspecified atom stereocenters. The molecule has 0 radical (unpaired) electrons. The molecule has 0 fully saturated rings. The third-order valence-corrected chi connectivity index (χ3v) is 4.82. The second-order valence-electron chi connectivity index (χ2n) is 6.42. The predicted molar refractivity (Wildman–Crippen MR) is 100 cm³/mol. The molecule has 0 bridgehead atoms. The molecular weight excluding hydrogens is 314 g/mol. The van der Waals surface area contributed by atoms with E-state index >= 15 is 0 Å². The van der Waals surface area contributed by atoms with Gasteiger partial charge in [-0.3, -0.25) is 0 Å². The number of ether oxygens (including phenoxy) is 3. The van der Waals surface area contributed by atoms with Gasteiger partial charge in [0.1, 0.15) is 5.75 Å². The normalized spacial score (nSPS) is 16.3. The zero-order chi connectivity index (χ0) is 18.0. The number of methoxy groups -OCH3 is 2. The maximum atomic E-state index is 5.92. The molecule has 0 amide bonds. The SMILES string of the molecule is CCOc1c(OC)ccc2c1CCNC2c1cc(C)c(OC)c(C)c1. The Morgan fingerprint density at radius 2 is 1.76 bits per heavy atom. The first-order valence-corrected chi connectivity index (χ1v) is 8.81. The molecule has 0 saturated carbocycles. The highest BCUT2D eigenvalue weighted by Gasteiger charge is 2.26. The zero-order valence-electron chi connectivity index (χ0n) is 15.7. The highest BCUT2D eigenvalue weighted by atomic mass is 16.5. The highest BCUT2D eigenvalue weighted by Crippen LogP contribution is 2.41. The summed E-state index contributed by atoms with van der Waals surface area (Å²) >= 11 is 0. The average molecular weight is 341 g/mol. The first kappa shape index (κ1) is 17.6. The molecular formula is C21H27NO3. The Labute approximate surface area is 150 Å². The summed E-state index contributed by atoms with van der Waals surface area (Å²) in [6, 6.07) is 8.74. The van der Waals surface area contributed by atoms with Crippen LogP contribution in [0.25, 0.3) is 0 Å². The van der Waals surface area contributed by atoms with Crippen LogP contribution in [0.1, 0.15) is 40.8 Å². The minimum absolute atomic E-state index is 0.150. The lowest BCUT2D eigenvalue weighted by molar-refractivity contribution is 0.305. The van der Waals surface area contributed by atoms with Crippen molar-refractivity contribution in [2.75, 3.05) is 27.4 Å². The molecule has 3 rings (SSSR count). The van der Waals surface area contributed by atoms with Crippen molar-refractivity contribution in [1.29, 1.82) is 0 Å². The van der Waals surface area contributed by atoms with E-state index in [1.807, 2.05) is 13.0 Å². The molecule has 134 valence electrons. The monoisotopic (exact) mass is 341 g/mol. The minimum Gasteiger partial charge on any atom is -0.496 e. The molecule has 1 atom stereocenters.